The van der Waals surface area contributed by atoms with Gasteiger partial charge in [-0.05, 0) is 32.3 Å². The highest BCUT2D eigenvalue weighted by Crippen LogP contribution is 2.22. The number of ether oxygens (including phenoxy) is 1. The highest BCUT2D eigenvalue weighted by molar-refractivity contribution is 14.0. The zero-order valence-corrected chi connectivity index (χ0v) is 20.4. The Morgan fingerprint density at radius 1 is 1.23 bits per heavy atom. The molecule has 0 radical (unpaired) electrons. The first kappa shape index (κ1) is 25.3. The molecule has 7 nitrogen and oxygen atoms in total. The van der Waals surface area contributed by atoms with Gasteiger partial charge in [-0.3, -0.25) is 4.99 Å². The monoisotopic (exact) mass is 548 g/mol. The Hall–Kier alpha value is -1.98. The third-order valence-corrected chi connectivity index (χ3v) is 5.16. The number of fused-ring (bicyclic) bond motifs is 1. The lowest BCUT2D eigenvalue weighted by molar-refractivity contribution is -0.0504. The molecular formula is C21H31F2IN6O. The van der Waals surface area contributed by atoms with Crippen molar-refractivity contribution in [2.24, 2.45) is 4.99 Å². The zero-order valence-electron chi connectivity index (χ0n) is 18.0. The molecule has 0 atom stereocenters. The van der Waals surface area contributed by atoms with E-state index in [9.17, 15) is 8.78 Å². The zero-order chi connectivity index (χ0) is 21.3. The molecule has 1 aliphatic heterocycles. The van der Waals surface area contributed by atoms with Crippen LogP contribution in [0.3, 0.4) is 0 Å². The van der Waals surface area contributed by atoms with Crippen molar-refractivity contribution < 1.29 is 13.5 Å². The largest absolute Gasteiger partial charge is 0.434 e. The van der Waals surface area contributed by atoms with Gasteiger partial charge in [0.25, 0.3) is 0 Å². The standard InChI is InChI=1S/C21H30F2N6O.HI/c1-15-9-10-17(30-20(22)23)16(13-15)14-26-21(24-2)25-11-6-8-19-28-27-18-7-4-3-5-12-29(18)19;/h9-10,13,20H,3-8,11-12,14H2,1-2H3,(H2,24,25,26);1H. The molecule has 2 aromatic rings. The van der Waals surface area contributed by atoms with Gasteiger partial charge in [0.2, 0.25) is 0 Å². The van der Waals surface area contributed by atoms with E-state index in [1.165, 1.54) is 19.3 Å². The summed E-state index contributed by atoms with van der Waals surface area (Å²) in [4.78, 5) is 4.21. The molecule has 1 aromatic carbocycles. The van der Waals surface area contributed by atoms with Gasteiger partial charge >= 0.3 is 6.61 Å². The molecule has 0 amide bonds. The second-order valence-electron chi connectivity index (χ2n) is 7.44. The molecule has 0 aliphatic carbocycles. The normalized spacial score (nSPS) is 13.9. The van der Waals surface area contributed by atoms with Crippen LogP contribution in [-0.2, 0) is 25.9 Å². The van der Waals surface area contributed by atoms with Crippen LogP contribution in [0.4, 0.5) is 8.78 Å². The number of nitrogens with zero attached hydrogens (tertiary/aromatic N) is 4. The molecule has 1 aliphatic rings. The fourth-order valence-corrected chi connectivity index (χ4v) is 3.64. The van der Waals surface area contributed by atoms with Crippen LogP contribution in [0.5, 0.6) is 5.75 Å². The van der Waals surface area contributed by atoms with E-state index >= 15 is 0 Å². The summed E-state index contributed by atoms with van der Waals surface area (Å²) in [5.74, 6) is 2.93. The van der Waals surface area contributed by atoms with Crippen LogP contribution in [-0.4, -0.2) is 40.9 Å². The van der Waals surface area contributed by atoms with Crippen LogP contribution in [0.15, 0.2) is 23.2 Å². The van der Waals surface area contributed by atoms with Crippen LogP contribution in [0.25, 0.3) is 0 Å². The van der Waals surface area contributed by atoms with Gasteiger partial charge in [-0.2, -0.15) is 8.78 Å². The third kappa shape index (κ3) is 7.58. The van der Waals surface area contributed by atoms with Crippen LogP contribution in [0.2, 0.25) is 0 Å². The fraction of sp³-hybridized carbons (Fsp3) is 0.571. The van der Waals surface area contributed by atoms with E-state index in [2.05, 4.69) is 35.1 Å². The molecule has 3 rings (SSSR count). The van der Waals surface area contributed by atoms with Gasteiger partial charge < -0.3 is 19.9 Å². The van der Waals surface area contributed by atoms with E-state index in [0.29, 0.717) is 18.1 Å². The van der Waals surface area contributed by atoms with Crippen molar-refractivity contribution in [2.75, 3.05) is 13.6 Å². The Labute approximate surface area is 199 Å². The lowest BCUT2D eigenvalue weighted by Gasteiger charge is -2.15. The molecule has 0 unspecified atom stereocenters. The molecule has 0 spiro atoms. The first-order valence-corrected chi connectivity index (χ1v) is 10.5. The van der Waals surface area contributed by atoms with E-state index in [-0.39, 0.29) is 29.7 Å². The average Bonchev–Trinajstić information content (AvgIpc) is 2.94. The number of hydrogen-bond acceptors (Lipinski definition) is 4. The minimum absolute atomic E-state index is 0. The van der Waals surface area contributed by atoms with Crippen LogP contribution in [0.1, 0.15) is 48.5 Å². The second kappa shape index (κ2) is 12.8. The highest BCUT2D eigenvalue weighted by atomic mass is 127. The topological polar surface area (TPSA) is 76.4 Å². The van der Waals surface area contributed by atoms with E-state index in [0.717, 1.165) is 49.6 Å². The summed E-state index contributed by atoms with van der Waals surface area (Å²) in [6.45, 7) is 1.12. The summed E-state index contributed by atoms with van der Waals surface area (Å²) in [7, 11) is 1.68. The maximum Gasteiger partial charge on any atom is 0.387 e. The Morgan fingerprint density at radius 2 is 2.06 bits per heavy atom. The predicted molar refractivity (Wildman–Crippen MR) is 127 cm³/mol. The van der Waals surface area contributed by atoms with E-state index in [1.54, 1.807) is 19.2 Å². The maximum atomic E-state index is 12.6. The number of hydrogen-bond donors (Lipinski definition) is 2. The summed E-state index contributed by atoms with van der Waals surface area (Å²) in [6.07, 6.45) is 6.37. The van der Waals surface area contributed by atoms with Crippen molar-refractivity contribution in [2.45, 2.75) is 65.1 Å². The molecule has 1 aromatic heterocycles. The van der Waals surface area contributed by atoms with Gasteiger partial charge in [0, 0.05) is 45.1 Å². The van der Waals surface area contributed by atoms with Crippen molar-refractivity contribution in [3.63, 3.8) is 0 Å². The molecule has 0 bridgehead atoms. The number of rotatable bonds is 8. The molecule has 31 heavy (non-hydrogen) atoms. The Bertz CT molecular complexity index is 858. The van der Waals surface area contributed by atoms with Gasteiger partial charge in [0.1, 0.15) is 17.4 Å². The summed E-state index contributed by atoms with van der Waals surface area (Å²) in [5, 5.41) is 15.1. The number of alkyl halides is 2. The number of aromatic nitrogens is 3. The van der Waals surface area contributed by atoms with Crippen molar-refractivity contribution in [1.29, 1.82) is 0 Å². The van der Waals surface area contributed by atoms with Crippen molar-refractivity contribution in [3.8, 4) is 5.75 Å². The summed E-state index contributed by atoms with van der Waals surface area (Å²) in [6, 6.07) is 5.14. The smallest absolute Gasteiger partial charge is 0.387 e. The van der Waals surface area contributed by atoms with Crippen LogP contribution >= 0.6 is 24.0 Å². The average molecular weight is 548 g/mol. The molecule has 2 N–H and O–H groups in total. The summed E-state index contributed by atoms with van der Waals surface area (Å²) < 4.78 is 32.1. The van der Waals surface area contributed by atoms with E-state index in [1.807, 2.05) is 13.0 Å². The minimum Gasteiger partial charge on any atom is -0.434 e. The summed E-state index contributed by atoms with van der Waals surface area (Å²) in [5.41, 5.74) is 1.63. The lowest BCUT2D eigenvalue weighted by Crippen LogP contribution is -2.37. The van der Waals surface area contributed by atoms with Crippen LogP contribution in [0, 0.1) is 6.92 Å². The second-order valence-corrected chi connectivity index (χ2v) is 7.44. The molecular weight excluding hydrogens is 517 g/mol. The maximum absolute atomic E-state index is 12.6. The van der Waals surface area contributed by atoms with Gasteiger partial charge in [0.15, 0.2) is 5.96 Å². The lowest BCUT2D eigenvalue weighted by atomic mass is 10.1. The molecule has 0 fully saturated rings. The molecule has 10 heteroatoms. The number of nitrogens with one attached hydrogen (secondary N) is 2. The first-order valence-electron chi connectivity index (χ1n) is 10.5. The quantitative estimate of drug-likeness (QED) is 0.227. The first-order chi connectivity index (χ1) is 14.6. The van der Waals surface area contributed by atoms with Crippen molar-refractivity contribution >= 4 is 29.9 Å². The minimum atomic E-state index is -2.85. The van der Waals surface area contributed by atoms with Crippen LogP contribution < -0.4 is 15.4 Å². The van der Waals surface area contributed by atoms with Crippen molar-refractivity contribution in [3.05, 3.63) is 41.0 Å². The Balaban J connectivity index is 0.00000341. The molecule has 0 saturated carbocycles. The number of aryl methyl sites for hydroxylation is 3. The summed E-state index contributed by atoms with van der Waals surface area (Å²) >= 11 is 0. The van der Waals surface area contributed by atoms with Gasteiger partial charge in [-0.25, -0.2) is 0 Å². The third-order valence-electron chi connectivity index (χ3n) is 5.16. The molecule has 0 saturated heterocycles. The molecule has 172 valence electrons. The van der Waals surface area contributed by atoms with Crippen molar-refractivity contribution in [1.82, 2.24) is 25.4 Å². The van der Waals surface area contributed by atoms with Gasteiger partial charge in [-0.15, -0.1) is 34.2 Å². The van der Waals surface area contributed by atoms with Gasteiger partial charge in [0.05, 0.1) is 0 Å². The highest BCUT2D eigenvalue weighted by Gasteiger charge is 2.14. The van der Waals surface area contributed by atoms with E-state index < -0.39 is 6.61 Å². The Kier molecular flexibility index (Phi) is 10.4. The number of halogens is 3. The Morgan fingerprint density at radius 3 is 2.84 bits per heavy atom. The van der Waals surface area contributed by atoms with E-state index in [4.69, 9.17) is 0 Å². The SMILES string of the molecule is CN=C(NCCCc1nnc2n1CCCCC2)NCc1cc(C)ccc1OC(F)F.I. The predicted octanol–water partition coefficient (Wildman–Crippen LogP) is 3.83. The number of guanidine groups is 1. The fourth-order valence-electron chi connectivity index (χ4n) is 3.64. The molecule has 2 heterocycles. The number of aliphatic imine (C=N–C) groups is 1. The van der Waals surface area contributed by atoms with Gasteiger partial charge in [-0.1, -0.05) is 24.1 Å². The number of benzene rings is 1.